The highest BCUT2D eigenvalue weighted by molar-refractivity contribution is 5.59. The molecule has 0 aromatic heterocycles. The highest BCUT2D eigenvalue weighted by atomic mass is 16.5. The lowest BCUT2D eigenvalue weighted by Gasteiger charge is -2.24. The highest BCUT2D eigenvalue weighted by Crippen LogP contribution is 2.33. The van der Waals surface area contributed by atoms with Crippen LogP contribution in [0, 0.1) is 18.3 Å². The minimum Gasteiger partial charge on any atom is -0.496 e. The van der Waals surface area contributed by atoms with Gasteiger partial charge >= 0.3 is 0 Å². The van der Waals surface area contributed by atoms with Crippen LogP contribution in [0.2, 0.25) is 0 Å². The van der Waals surface area contributed by atoms with Gasteiger partial charge in [0.05, 0.1) is 13.2 Å². The van der Waals surface area contributed by atoms with Crippen molar-refractivity contribution in [2.24, 2.45) is 0 Å². The van der Waals surface area contributed by atoms with Crippen LogP contribution >= 0.6 is 0 Å². The van der Waals surface area contributed by atoms with Crippen LogP contribution in [0.15, 0.2) is 12.1 Å². The summed E-state index contributed by atoms with van der Waals surface area (Å²) in [6.45, 7) is 7.35. The summed E-state index contributed by atoms with van der Waals surface area (Å²) in [6.07, 6.45) is 1.51. The summed E-state index contributed by atoms with van der Waals surface area (Å²) in [5.74, 6) is 1.39. The van der Waals surface area contributed by atoms with Crippen molar-refractivity contribution in [2.45, 2.75) is 39.5 Å². The largest absolute Gasteiger partial charge is 0.496 e. The van der Waals surface area contributed by atoms with Gasteiger partial charge in [0, 0.05) is 25.7 Å². The van der Waals surface area contributed by atoms with Gasteiger partial charge in [-0.2, -0.15) is 5.26 Å². The molecule has 0 heterocycles. The maximum absolute atomic E-state index is 8.60. The molecule has 3 nitrogen and oxygen atoms in total. The summed E-state index contributed by atoms with van der Waals surface area (Å²) in [5.41, 5.74) is 3.67. The molecule has 3 heteroatoms. The number of benzene rings is 1. The number of methoxy groups -OCH3 is 1. The molecule has 1 rings (SSSR count). The SMILES string of the molecule is COc1cc(C)c(N(C)CCCC#N)cc1C(C)C. The van der Waals surface area contributed by atoms with Crippen molar-refractivity contribution in [3.63, 3.8) is 0 Å². The predicted octanol–water partition coefficient (Wildman–Crippen LogP) is 3.87. The second-order valence-corrected chi connectivity index (χ2v) is 5.22. The van der Waals surface area contributed by atoms with Crippen molar-refractivity contribution in [3.05, 3.63) is 23.3 Å². The lowest BCUT2D eigenvalue weighted by atomic mass is 9.98. The van der Waals surface area contributed by atoms with E-state index in [1.807, 2.05) is 0 Å². The zero-order chi connectivity index (χ0) is 14.4. The van der Waals surface area contributed by atoms with Crippen LogP contribution in [0.1, 0.15) is 43.7 Å². The maximum Gasteiger partial charge on any atom is 0.122 e. The van der Waals surface area contributed by atoms with Crippen LogP contribution < -0.4 is 9.64 Å². The zero-order valence-electron chi connectivity index (χ0n) is 12.7. The van der Waals surface area contributed by atoms with E-state index < -0.39 is 0 Å². The number of ether oxygens (including phenoxy) is 1. The van der Waals surface area contributed by atoms with Crippen molar-refractivity contribution in [1.29, 1.82) is 5.26 Å². The van der Waals surface area contributed by atoms with Crippen LogP contribution in [0.4, 0.5) is 5.69 Å². The van der Waals surface area contributed by atoms with Crippen LogP contribution in [0.5, 0.6) is 5.75 Å². The lowest BCUT2D eigenvalue weighted by Crippen LogP contribution is -2.19. The van der Waals surface area contributed by atoms with E-state index in [2.05, 4.69) is 50.9 Å². The number of hydrogen-bond acceptors (Lipinski definition) is 3. The fourth-order valence-electron chi connectivity index (χ4n) is 2.24. The Labute approximate surface area is 116 Å². The molecular weight excluding hydrogens is 236 g/mol. The number of nitrogens with zero attached hydrogens (tertiary/aromatic N) is 2. The van der Waals surface area contributed by atoms with E-state index in [1.165, 1.54) is 16.8 Å². The first-order chi connectivity index (χ1) is 9.01. The molecule has 0 unspecified atom stereocenters. The Morgan fingerprint density at radius 1 is 1.37 bits per heavy atom. The average molecular weight is 260 g/mol. The smallest absolute Gasteiger partial charge is 0.122 e. The summed E-state index contributed by atoms with van der Waals surface area (Å²) in [6, 6.07) is 6.51. The normalized spacial score (nSPS) is 10.4. The van der Waals surface area contributed by atoms with E-state index >= 15 is 0 Å². The second-order valence-electron chi connectivity index (χ2n) is 5.22. The van der Waals surface area contributed by atoms with Crippen molar-refractivity contribution in [2.75, 3.05) is 25.6 Å². The van der Waals surface area contributed by atoms with E-state index in [0.29, 0.717) is 12.3 Å². The third-order valence-corrected chi connectivity index (χ3v) is 3.36. The molecule has 0 amide bonds. The van der Waals surface area contributed by atoms with Gasteiger partial charge in [0.1, 0.15) is 5.75 Å². The van der Waals surface area contributed by atoms with E-state index in [9.17, 15) is 0 Å². The Bertz CT molecular complexity index is 461. The third-order valence-electron chi connectivity index (χ3n) is 3.36. The fraction of sp³-hybridized carbons (Fsp3) is 0.562. The number of hydrogen-bond donors (Lipinski definition) is 0. The summed E-state index contributed by atoms with van der Waals surface area (Å²) in [7, 11) is 3.80. The summed E-state index contributed by atoms with van der Waals surface area (Å²) in [5, 5.41) is 8.60. The molecule has 104 valence electrons. The van der Waals surface area contributed by atoms with Crippen LogP contribution in [0.3, 0.4) is 0 Å². The van der Waals surface area contributed by atoms with Gasteiger partial charge < -0.3 is 9.64 Å². The van der Waals surface area contributed by atoms with E-state index in [0.717, 1.165) is 18.7 Å². The maximum atomic E-state index is 8.60. The first-order valence-electron chi connectivity index (χ1n) is 6.77. The van der Waals surface area contributed by atoms with Crippen LogP contribution in [-0.4, -0.2) is 20.7 Å². The minimum atomic E-state index is 0.432. The Hall–Kier alpha value is -1.69. The van der Waals surface area contributed by atoms with E-state index in [1.54, 1.807) is 7.11 Å². The lowest BCUT2D eigenvalue weighted by molar-refractivity contribution is 0.407. The molecule has 0 fully saturated rings. The van der Waals surface area contributed by atoms with Crippen molar-refractivity contribution in [3.8, 4) is 11.8 Å². The molecule has 0 aliphatic rings. The van der Waals surface area contributed by atoms with Crippen molar-refractivity contribution < 1.29 is 4.74 Å². The molecular formula is C16H24N2O. The first kappa shape index (κ1) is 15.4. The van der Waals surface area contributed by atoms with Gasteiger partial charge in [-0.1, -0.05) is 13.8 Å². The topological polar surface area (TPSA) is 36.3 Å². The van der Waals surface area contributed by atoms with E-state index in [-0.39, 0.29) is 0 Å². The molecule has 0 spiro atoms. The quantitative estimate of drug-likeness (QED) is 0.728. The minimum absolute atomic E-state index is 0.432. The van der Waals surface area contributed by atoms with Gasteiger partial charge in [0.2, 0.25) is 0 Å². The Morgan fingerprint density at radius 3 is 2.58 bits per heavy atom. The van der Waals surface area contributed by atoms with Crippen LogP contribution in [-0.2, 0) is 0 Å². The average Bonchev–Trinajstić information content (AvgIpc) is 2.37. The molecule has 0 aliphatic carbocycles. The van der Waals surface area contributed by atoms with Crippen LogP contribution in [0.25, 0.3) is 0 Å². The molecule has 1 aromatic rings. The molecule has 0 bridgehead atoms. The van der Waals surface area contributed by atoms with Gasteiger partial charge in [0.25, 0.3) is 0 Å². The summed E-state index contributed by atoms with van der Waals surface area (Å²) >= 11 is 0. The fourth-order valence-corrected chi connectivity index (χ4v) is 2.24. The van der Waals surface area contributed by atoms with Gasteiger partial charge in [-0.3, -0.25) is 0 Å². The van der Waals surface area contributed by atoms with Crippen molar-refractivity contribution >= 4 is 5.69 Å². The number of unbranched alkanes of at least 4 members (excludes halogenated alkanes) is 1. The molecule has 0 aliphatic heterocycles. The Balaban J connectivity index is 3.01. The Morgan fingerprint density at radius 2 is 2.05 bits per heavy atom. The molecule has 19 heavy (non-hydrogen) atoms. The molecule has 1 aromatic carbocycles. The highest BCUT2D eigenvalue weighted by Gasteiger charge is 2.13. The molecule has 0 saturated heterocycles. The van der Waals surface area contributed by atoms with Gasteiger partial charge in [-0.05, 0) is 42.5 Å². The number of aryl methyl sites for hydroxylation is 1. The van der Waals surface area contributed by atoms with Gasteiger partial charge in [-0.25, -0.2) is 0 Å². The third kappa shape index (κ3) is 3.89. The Kier molecular flexibility index (Phi) is 5.69. The van der Waals surface area contributed by atoms with Gasteiger partial charge in [-0.15, -0.1) is 0 Å². The first-order valence-corrected chi connectivity index (χ1v) is 6.77. The number of rotatable bonds is 6. The summed E-state index contributed by atoms with van der Waals surface area (Å²) < 4.78 is 5.46. The molecule has 0 atom stereocenters. The monoisotopic (exact) mass is 260 g/mol. The standard InChI is InChI=1S/C16H24N2O/c1-12(2)14-11-15(13(3)10-16(14)19-5)18(4)9-7-6-8-17/h10-12H,6-7,9H2,1-5H3. The number of nitriles is 1. The van der Waals surface area contributed by atoms with Crippen molar-refractivity contribution in [1.82, 2.24) is 0 Å². The van der Waals surface area contributed by atoms with E-state index in [4.69, 9.17) is 10.00 Å². The van der Waals surface area contributed by atoms with Gasteiger partial charge in [0.15, 0.2) is 0 Å². The molecule has 0 saturated carbocycles. The number of anilines is 1. The second kappa shape index (κ2) is 7.04. The zero-order valence-corrected chi connectivity index (χ0v) is 12.7. The summed E-state index contributed by atoms with van der Waals surface area (Å²) in [4.78, 5) is 2.22. The molecule has 0 N–H and O–H groups in total. The molecule has 0 radical (unpaired) electrons. The predicted molar refractivity (Wildman–Crippen MR) is 79.9 cm³/mol.